The van der Waals surface area contributed by atoms with E-state index in [0.717, 1.165) is 38.6 Å². The molecule has 0 bridgehead atoms. The van der Waals surface area contributed by atoms with E-state index in [2.05, 4.69) is 65.1 Å². The van der Waals surface area contributed by atoms with Crippen LogP contribution in [-0.4, -0.2) is 9.78 Å². The Kier molecular flexibility index (Phi) is 5.47. The summed E-state index contributed by atoms with van der Waals surface area (Å²) in [4.78, 5) is 0. The van der Waals surface area contributed by atoms with E-state index in [1.54, 1.807) is 0 Å². The van der Waals surface area contributed by atoms with E-state index in [-0.39, 0.29) is 0 Å². The summed E-state index contributed by atoms with van der Waals surface area (Å²) in [5.41, 5.74) is 2.23. The van der Waals surface area contributed by atoms with Gasteiger partial charge in [0.25, 0.3) is 0 Å². The van der Waals surface area contributed by atoms with Crippen molar-refractivity contribution in [3.63, 3.8) is 0 Å². The van der Waals surface area contributed by atoms with Gasteiger partial charge in [-0.15, -0.1) is 0 Å². The van der Waals surface area contributed by atoms with Gasteiger partial charge in [0.05, 0.1) is 17.9 Å². The molecule has 0 amide bonds. The number of halogens is 3. The van der Waals surface area contributed by atoms with Gasteiger partial charge >= 0.3 is 0 Å². The molecule has 1 aromatic heterocycles. The second kappa shape index (κ2) is 6.90. The van der Waals surface area contributed by atoms with Crippen LogP contribution < -0.4 is 5.32 Å². The van der Waals surface area contributed by atoms with Crippen LogP contribution in [0.2, 0.25) is 0 Å². The number of aromatic nitrogens is 2. The predicted octanol–water partition coefficient (Wildman–Crippen LogP) is 5.19. The summed E-state index contributed by atoms with van der Waals surface area (Å²) >= 11 is 10.6. The molecule has 0 saturated heterocycles. The van der Waals surface area contributed by atoms with E-state index in [0.29, 0.717) is 0 Å². The Labute approximate surface area is 138 Å². The van der Waals surface area contributed by atoms with Crippen LogP contribution in [0.3, 0.4) is 0 Å². The minimum atomic E-state index is 0.749. The molecule has 0 aliphatic carbocycles. The summed E-state index contributed by atoms with van der Waals surface area (Å²) in [6.45, 7) is 3.85. The summed E-state index contributed by atoms with van der Waals surface area (Å²) in [7, 11) is 0. The van der Waals surface area contributed by atoms with Crippen LogP contribution in [0.25, 0.3) is 0 Å². The number of hydrogen-bond acceptors (Lipinski definition) is 2. The number of anilines is 1. The lowest BCUT2D eigenvalue weighted by atomic mass is 10.3. The first kappa shape index (κ1) is 15.1. The second-order valence-electron chi connectivity index (χ2n) is 4.14. The molecule has 0 atom stereocenters. The molecule has 0 saturated carbocycles. The number of nitrogens with zero attached hydrogens (tertiary/aromatic N) is 2. The smallest absolute Gasteiger partial charge is 0.0632 e. The van der Waals surface area contributed by atoms with E-state index < -0.39 is 0 Å². The van der Waals surface area contributed by atoms with Crippen LogP contribution >= 0.6 is 47.8 Å². The minimum Gasteiger partial charge on any atom is -0.378 e. The quantitative estimate of drug-likeness (QED) is 0.677. The van der Waals surface area contributed by atoms with Crippen molar-refractivity contribution >= 4 is 53.5 Å². The second-order valence-corrected chi connectivity index (χ2v) is 6.77. The molecule has 0 aliphatic rings. The maximum atomic E-state index is 4.32. The van der Waals surface area contributed by atoms with Crippen LogP contribution in [-0.2, 0) is 13.1 Å². The Morgan fingerprint density at radius 1 is 1.21 bits per heavy atom. The molecule has 1 N–H and O–H groups in total. The van der Waals surface area contributed by atoms with Crippen LogP contribution in [0, 0.1) is 0 Å². The number of nitrogens with one attached hydrogen (secondary N) is 1. The Balaban J connectivity index is 2.12. The highest BCUT2D eigenvalue weighted by Crippen LogP contribution is 2.34. The Morgan fingerprint density at radius 3 is 2.53 bits per heavy atom. The van der Waals surface area contributed by atoms with Crippen LogP contribution in [0.1, 0.15) is 19.0 Å². The van der Waals surface area contributed by atoms with E-state index in [9.17, 15) is 0 Å². The van der Waals surface area contributed by atoms with E-state index in [4.69, 9.17) is 0 Å². The van der Waals surface area contributed by atoms with Gasteiger partial charge in [0.15, 0.2) is 0 Å². The van der Waals surface area contributed by atoms with Crippen molar-refractivity contribution in [2.75, 3.05) is 5.32 Å². The summed E-state index contributed by atoms with van der Waals surface area (Å²) in [5, 5.41) is 7.76. The summed E-state index contributed by atoms with van der Waals surface area (Å²) in [5.74, 6) is 0. The molecule has 1 aromatic carbocycles. The zero-order valence-corrected chi connectivity index (χ0v) is 15.2. The largest absolute Gasteiger partial charge is 0.378 e. The predicted molar refractivity (Wildman–Crippen MR) is 89.4 cm³/mol. The van der Waals surface area contributed by atoms with E-state index >= 15 is 0 Å². The topological polar surface area (TPSA) is 29.9 Å². The summed E-state index contributed by atoms with van der Waals surface area (Å²) in [6, 6.07) is 6.09. The van der Waals surface area contributed by atoms with Gasteiger partial charge in [-0.05, 0) is 56.5 Å². The molecule has 3 nitrogen and oxygen atoms in total. The first-order valence-electron chi connectivity index (χ1n) is 6.01. The lowest BCUT2D eigenvalue weighted by Gasteiger charge is -2.12. The molecule has 0 radical (unpaired) electrons. The van der Waals surface area contributed by atoms with Crippen molar-refractivity contribution in [3.8, 4) is 0 Å². The van der Waals surface area contributed by atoms with Gasteiger partial charge in [0.1, 0.15) is 0 Å². The fraction of sp³-hybridized carbons (Fsp3) is 0.308. The fourth-order valence-corrected chi connectivity index (χ4v) is 4.35. The summed E-state index contributed by atoms with van der Waals surface area (Å²) < 4.78 is 5.12. The molecule has 0 aliphatic heterocycles. The first-order valence-corrected chi connectivity index (χ1v) is 8.38. The third kappa shape index (κ3) is 3.83. The van der Waals surface area contributed by atoms with Gasteiger partial charge < -0.3 is 5.32 Å². The van der Waals surface area contributed by atoms with Gasteiger partial charge in [0, 0.05) is 26.2 Å². The average molecular weight is 452 g/mol. The minimum absolute atomic E-state index is 0.749. The van der Waals surface area contributed by atoms with Crippen LogP contribution in [0.5, 0.6) is 0 Å². The monoisotopic (exact) mass is 449 g/mol. The Hall–Kier alpha value is -0.330. The molecule has 6 heteroatoms. The maximum absolute atomic E-state index is 4.32. The lowest BCUT2D eigenvalue weighted by Crippen LogP contribution is -2.09. The van der Waals surface area contributed by atoms with Gasteiger partial charge in [0.2, 0.25) is 0 Å². The fourth-order valence-electron chi connectivity index (χ4n) is 1.81. The number of benzene rings is 1. The van der Waals surface area contributed by atoms with E-state index in [1.807, 2.05) is 29.1 Å². The van der Waals surface area contributed by atoms with Gasteiger partial charge in [-0.2, -0.15) is 5.10 Å². The van der Waals surface area contributed by atoms with Crippen molar-refractivity contribution in [1.29, 1.82) is 0 Å². The van der Waals surface area contributed by atoms with E-state index in [1.165, 1.54) is 5.69 Å². The highest BCUT2D eigenvalue weighted by atomic mass is 79.9. The SMILES string of the molecule is CCCn1nccc1CNc1c(Br)cc(Br)cc1Br. The summed E-state index contributed by atoms with van der Waals surface area (Å²) in [6.07, 6.45) is 2.93. The molecule has 0 unspecified atom stereocenters. The van der Waals surface area contributed by atoms with Crippen molar-refractivity contribution in [2.24, 2.45) is 0 Å². The normalized spacial score (nSPS) is 10.7. The van der Waals surface area contributed by atoms with Gasteiger partial charge in [-0.1, -0.05) is 22.9 Å². The molecule has 19 heavy (non-hydrogen) atoms. The van der Waals surface area contributed by atoms with Crippen molar-refractivity contribution in [2.45, 2.75) is 26.4 Å². The highest BCUT2D eigenvalue weighted by Gasteiger charge is 2.08. The average Bonchev–Trinajstić information content (AvgIpc) is 2.76. The lowest BCUT2D eigenvalue weighted by molar-refractivity contribution is 0.578. The molecule has 2 rings (SSSR count). The molecule has 1 heterocycles. The third-order valence-electron chi connectivity index (χ3n) is 2.69. The Morgan fingerprint density at radius 2 is 1.89 bits per heavy atom. The van der Waals surface area contributed by atoms with Crippen molar-refractivity contribution in [3.05, 3.63) is 43.5 Å². The van der Waals surface area contributed by atoms with Crippen LogP contribution in [0.15, 0.2) is 37.8 Å². The Bertz CT molecular complexity index is 543. The maximum Gasteiger partial charge on any atom is 0.0632 e. The number of hydrogen-bond donors (Lipinski definition) is 1. The third-order valence-corrected chi connectivity index (χ3v) is 4.40. The molecule has 2 aromatic rings. The number of aryl methyl sites for hydroxylation is 1. The molecule has 0 spiro atoms. The first-order chi connectivity index (χ1) is 9.11. The molecule has 102 valence electrons. The molecular weight excluding hydrogens is 438 g/mol. The molecule has 0 fully saturated rings. The standard InChI is InChI=1S/C13H14Br3N3/c1-2-5-19-10(3-4-18-19)8-17-13-11(15)6-9(14)7-12(13)16/h3-4,6-7,17H,2,5,8H2,1H3. The highest BCUT2D eigenvalue weighted by molar-refractivity contribution is 9.11. The van der Waals surface area contributed by atoms with Gasteiger partial charge in [-0.3, -0.25) is 4.68 Å². The number of rotatable bonds is 5. The van der Waals surface area contributed by atoms with Gasteiger partial charge in [-0.25, -0.2) is 0 Å². The van der Waals surface area contributed by atoms with Crippen molar-refractivity contribution in [1.82, 2.24) is 9.78 Å². The van der Waals surface area contributed by atoms with Crippen LogP contribution in [0.4, 0.5) is 5.69 Å². The zero-order valence-electron chi connectivity index (χ0n) is 10.5. The zero-order chi connectivity index (χ0) is 13.8. The molecular formula is C13H14Br3N3. The van der Waals surface area contributed by atoms with Crippen molar-refractivity contribution < 1.29 is 0 Å².